The number of carbonyl (C=O) groups excluding carboxylic acids is 1. The molecule has 0 saturated carbocycles. The van der Waals surface area contributed by atoms with Crippen LogP contribution in [0.3, 0.4) is 0 Å². The van der Waals surface area contributed by atoms with E-state index >= 15 is 0 Å². The summed E-state index contributed by atoms with van der Waals surface area (Å²) < 4.78 is 0. The van der Waals surface area contributed by atoms with E-state index in [0.717, 1.165) is 31.1 Å². The maximum Gasteiger partial charge on any atom is 0.221 e. The van der Waals surface area contributed by atoms with Gasteiger partial charge in [0.1, 0.15) is 0 Å². The van der Waals surface area contributed by atoms with Gasteiger partial charge in [-0.05, 0) is 56.0 Å². The lowest BCUT2D eigenvalue weighted by atomic mass is 9.92. The Bertz CT molecular complexity index is 384. The highest BCUT2D eigenvalue weighted by Gasteiger charge is 2.13. The quantitative estimate of drug-likeness (QED) is 0.838. The van der Waals surface area contributed by atoms with E-state index in [0.29, 0.717) is 0 Å². The zero-order valence-corrected chi connectivity index (χ0v) is 10.3. The minimum absolute atomic E-state index is 0.0125. The molecule has 1 unspecified atom stereocenters. The minimum Gasteiger partial charge on any atom is -0.326 e. The first-order valence-electron chi connectivity index (χ1n) is 6.31. The average Bonchev–Trinajstić information content (AvgIpc) is 2.30. The van der Waals surface area contributed by atoms with Gasteiger partial charge in [-0.1, -0.05) is 12.1 Å². The number of hydrogen-bond acceptors (Lipinski definition) is 2. The van der Waals surface area contributed by atoms with Crippen LogP contribution in [0.1, 0.15) is 25.3 Å². The molecule has 0 aliphatic carbocycles. The Balaban J connectivity index is 1.97. The number of carbonyl (C=O) groups is 1. The van der Waals surface area contributed by atoms with Crippen molar-refractivity contribution in [3.63, 3.8) is 0 Å². The molecule has 17 heavy (non-hydrogen) atoms. The van der Waals surface area contributed by atoms with Crippen molar-refractivity contribution in [3.05, 3.63) is 29.8 Å². The third-order valence-corrected chi connectivity index (χ3v) is 3.17. The minimum atomic E-state index is -0.0125. The Labute approximate surface area is 103 Å². The van der Waals surface area contributed by atoms with E-state index in [1.807, 2.05) is 12.1 Å². The van der Waals surface area contributed by atoms with Crippen molar-refractivity contribution in [2.45, 2.75) is 26.2 Å². The molecule has 1 atom stereocenters. The second-order valence-corrected chi connectivity index (χ2v) is 4.80. The topological polar surface area (TPSA) is 41.1 Å². The van der Waals surface area contributed by atoms with Gasteiger partial charge in [0.2, 0.25) is 5.91 Å². The summed E-state index contributed by atoms with van der Waals surface area (Å²) in [5, 5.41) is 6.26. The van der Waals surface area contributed by atoms with Gasteiger partial charge < -0.3 is 10.6 Å². The molecule has 2 rings (SSSR count). The van der Waals surface area contributed by atoms with Crippen LogP contribution in [0.2, 0.25) is 0 Å². The van der Waals surface area contributed by atoms with E-state index in [9.17, 15) is 4.79 Å². The number of piperidine rings is 1. The van der Waals surface area contributed by atoms with Crippen molar-refractivity contribution in [2.24, 2.45) is 5.92 Å². The molecule has 1 heterocycles. The first-order valence-corrected chi connectivity index (χ1v) is 6.31. The van der Waals surface area contributed by atoms with Crippen LogP contribution in [0.15, 0.2) is 24.3 Å². The maximum absolute atomic E-state index is 11.0. The highest BCUT2D eigenvalue weighted by Crippen LogP contribution is 2.18. The molecule has 0 radical (unpaired) electrons. The van der Waals surface area contributed by atoms with E-state index in [2.05, 4.69) is 22.8 Å². The van der Waals surface area contributed by atoms with Gasteiger partial charge >= 0.3 is 0 Å². The van der Waals surface area contributed by atoms with Crippen molar-refractivity contribution in [1.29, 1.82) is 0 Å². The summed E-state index contributed by atoms with van der Waals surface area (Å²) in [7, 11) is 0. The summed E-state index contributed by atoms with van der Waals surface area (Å²) in [6.07, 6.45) is 3.67. The molecule has 0 bridgehead atoms. The van der Waals surface area contributed by atoms with Gasteiger partial charge in [0, 0.05) is 12.6 Å². The van der Waals surface area contributed by atoms with Gasteiger partial charge in [0.15, 0.2) is 0 Å². The number of anilines is 1. The Morgan fingerprint density at radius 3 is 3.12 bits per heavy atom. The maximum atomic E-state index is 11.0. The van der Waals surface area contributed by atoms with Crippen LogP contribution in [0.4, 0.5) is 5.69 Å². The van der Waals surface area contributed by atoms with Gasteiger partial charge in [-0.25, -0.2) is 0 Å². The molecule has 1 aliphatic heterocycles. The fraction of sp³-hybridized carbons (Fsp3) is 0.500. The number of benzene rings is 1. The predicted octanol–water partition coefficient (Wildman–Crippen LogP) is 2.19. The summed E-state index contributed by atoms with van der Waals surface area (Å²) in [4.78, 5) is 11.0. The lowest BCUT2D eigenvalue weighted by Crippen LogP contribution is -2.30. The third kappa shape index (κ3) is 3.86. The molecule has 1 aliphatic rings. The van der Waals surface area contributed by atoms with Crippen molar-refractivity contribution < 1.29 is 4.79 Å². The Hall–Kier alpha value is -1.35. The summed E-state index contributed by atoms with van der Waals surface area (Å²) in [5.41, 5.74) is 2.21. The van der Waals surface area contributed by atoms with Crippen LogP contribution < -0.4 is 10.6 Å². The van der Waals surface area contributed by atoms with Crippen molar-refractivity contribution in [2.75, 3.05) is 18.4 Å². The van der Waals surface area contributed by atoms with Crippen LogP contribution in [0.5, 0.6) is 0 Å². The van der Waals surface area contributed by atoms with Crippen LogP contribution in [0.25, 0.3) is 0 Å². The second-order valence-electron chi connectivity index (χ2n) is 4.80. The standard InChI is InChI=1S/C14H20N2O/c1-11(17)16-14-6-2-4-12(9-14)8-13-5-3-7-15-10-13/h2,4,6,9,13,15H,3,5,7-8,10H2,1H3,(H,16,17). The highest BCUT2D eigenvalue weighted by atomic mass is 16.1. The van der Waals surface area contributed by atoms with Gasteiger partial charge in [0.25, 0.3) is 0 Å². The molecule has 92 valence electrons. The van der Waals surface area contributed by atoms with Gasteiger partial charge in [0.05, 0.1) is 0 Å². The van der Waals surface area contributed by atoms with Crippen LogP contribution in [-0.2, 0) is 11.2 Å². The number of hydrogen-bond donors (Lipinski definition) is 2. The molecule has 1 aromatic rings. The van der Waals surface area contributed by atoms with Crippen molar-refractivity contribution >= 4 is 11.6 Å². The molecule has 0 aromatic heterocycles. The molecule has 1 aromatic carbocycles. The van der Waals surface area contributed by atoms with E-state index in [4.69, 9.17) is 0 Å². The van der Waals surface area contributed by atoms with Gasteiger partial charge in [-0.15, -0.1) is 0 Å². The monoisotopic (exact) mass is 232 g/mol. The smallest absolute Gasteiger partial charge is 0.221 e. The zero-order chi connectivity index (χ0) is 12.1. The fourth-order valence-corrected chi connectivity index (χ4v) is 2.41. The summed E-state index contributed by atoms with van der Waals surface area (Å²) >= 11 is 0. The lowest BCUT2D eigenvalue weighted by Gasteiger charge is -2.22. The average molecular weight is 232 g/mol. The molecule has 3 heteroatoms. The number of amides is 1. The number of nitrogens with one attached hydrogen (secondary N) is 2. The number of rotatable bonds is 3. The summed E-state index contributed by atoms with van der Waals surface area (Å²) in [5.74, 6) is 0.720. The fourth-order valence-electron chi connectivity index (χ4n) is 2.41. The summed E-state index contributed by atoms with van der Waals surface area (Å²) in [6.45, 7) is 3.81. The zero-order valence-electron chi connectivity index (χ0n) is 10.3. The SMILES string of the molecule is CC(=O)Nc1cccc(CC2CCCNC2)c1. The summed E-state index contributed by atoms with van der Waals surface area (Å²) in [6, 6.07) is 8.16. The Morgan fingerprint density at radius 2 is 2.41 bits per heavy atom. The predicted molar refractivity (Wildman–Crippen MR) is 70.0 cm³/mol. The second kappa shape index (κ2) is 5.82. The van der Waals surface area contributed by atoms with Crippen LogP contribution in [-0.4, -0.2) is 19.0 Å². The Kier molecular flexibility index (Phi) is 4.15. The largest absolute Gasteiger partial charge is 0.326 e. The molecule has 1 amide bonds. The highest BCUT2D eigenvalue weighted by molar-refractivity contribution is 5.88. The molecular weight excluding hydrogens is 212 g/mol. The van der Waals surface area contributed by atoms with E-state index < -0.39 is 0 Å². The van der Waals surface area contributed by atoms with E-state index in [-0.39, 0.29) is 5.91 Å². The lowest BCUT2D eigenvalue weighted by molar-refractivity contribution is -0.114. The molecular formula is C14H20N2O. The molecule has 1 saturated heterocycles. The van der Waals surface area contributed by atoms with E-state index in [1.165, 1.54) is 25.3 Å². The van der Waals surface area contributed by atoms with Crippen LogP contribution in [0, 0.1) is 5.92 Å². The third-order valence-electron chi connectivity index (χ3n) is 3.17. The van der Waals surface area contributed by atoms with E-state index in [1.54, 1.807) is 0 Å². The molecule has 1 fully saturated rings. The van der Waals surface area contributed by atoms with Crippen LogP contribution >= 0.6 is 0 Å². The normalized spacial score (nSPS) is 19.9. The Morgan fingerprint density at radius 1 is 1.53 bits per heavy atom. The first kappa shape index (κ1) is 12.1. The molecule has 2 N–H and O–H groups in total. The molecule has 3 nitrogen and oxygen atoms in total. The van der Waals surface area contributed by atoms with Crippen molar-refractivity contribution in [3.8, 4) is 0 Å². The van der Waals surface area contributed by atoms with Gasteiger partial charge in [-0.2, -0.15) is 0 Å². The van der Waals surface area contributed by atoms with Gasteiger partial charge in [-0.3, -0.25) is 4.79 Å². The molecule has 0 spiro atoms. The van der Waals surface area contributed by atoms with Crippen molar-refractivity contribution in [1.82, 2.24) is 5.32 Å². The first-order chi connectivity index (χ1) is 8.24.